The van der Waals surface area contributed by atoms with E-state index in [4.69, 9.17) is 0 Å². The molecule has 1 unspecified atom stereocenters. The predicted octanol–water partition coefficient (Wildman–Crippen LogP) is 2.13. The molecule has 1 fully saturated rings. The van der Waals surface area contributed by atoms with Crippen LogP contribution in [0.1, 0.15) is 39.5 Å². The minimum absolute atomic E-state index is 0.791. The zero-order valence-electron chi connectivity index (χ0n) is 7.11. The van der Waals surface area contributed by atoms with Gasteiger partial charge < -0.3 is 5.32 Å². The molecule has 0 saturated carbocycles. The second-order valence-corrected chi connectivity index (χ2v) is 3.56. The summed E-state index contributed by atoms with van der Waals surface area (Å²) in [5.41, 5.74) is 0. The molecule has 0 aromatic heterocycles. The normalized spacial score (nSPS) is 27.3. The van der Waals surface area contributed by atoms with Crippen LogP contribution in [0.4, 0.5) is 0 Å². The van der Waals surface area contributed by atoms with E-state index in [0.29, 0.717) is 0 Å². The highest BCUT2D eigenvalue weighted by Gasteiger charge is 2.12. The van der Waals surface area contributed by atoms with Crippen molar-refractivity contribution < 1.29 is 0 Å². The summed E-state index contributed by atoms with van der Waals surface area (Å²) in [7, 11) is 0. The first kappa shape index (κ1) is 8.06. The van der Waals surface area contributed by atoms with E-state index in [1.165, 1.54) is 32.2 Å². The van der Waals surface area contributed by atoms with Crippen molar-refractivity contribution in [1.29, 1.82) is 0 Å². The average molecular weight is 140 g/mol. The zero-order valence-corrected chi connectivity index (χ0v) is 7.11. The summed E-state index contributed by atoms with van der Waals surface area (Å²) in [6, 6.07) is 0.791. The van der Waals surface area contributed by atoms with Gasteiger partial charge in [0.15, 0.2) is 0 Å². The zero-order chi connectivity index (χ0) is 7.40. The van der Waals surface area contributed by atoms with E-state index >= 15 is 0 Å². The Labute approximate surface area is 64.2 Å². The van der Waals surface area contributed by atoms with Crippen LogP contribution in [-0.2, 0) is 0 Å². The second kappa shape index (κ2) is 3.97. The minimum atomic E-state index is 0.791. The Balaban J connectivity index is 2.13. The summed E-state index contributed by atoms with van der Waals surface area (Å²) in [4.78, 5) is 0. The topological polar surface area (TPSA) is 12.0 Å². The molecule has 0 aliphatic carbocycles. The van der Waals surface area contributed by atoms with Crippen LogP contribution in [0.25, 0.3) is 0 Å². The maximum absolute atomic E-state index is 3.53. The van der Waals surface area contributed by atoms with E-state index in [1.807, 2.05) is 0 Å². The third kappa shape index (κ3) is 2.70. The van der Waals surface area contributed by atoms with Crippen molar-refractivity contribution in [1.82, 2.24) is 5.32 Å². The standard InChI is InChI=1S/C9H18N/c1-8(2)7-9-5-3-4-6-10-9/h9-10H,3-7H2,1-2H3. The van der Waals surface area contributed by atoms with Gasteiger partial charge in [-0.2, -0.15) is 0 Å². The minimum Gasteiger partial charge on any atom is -0.314 e. The van der Waals surface area contributed by atoms with Crippen LogP contribution in [0.5, 0.6) is 0 Å². The van der Waals surface area contributed by atoms with Crippen LogP contribution in [0.3, 0.4) is 0 Å². The average Bonchev–Trinajstić information content (AvgIpc) is 1.88. The van der Waals surface area contributed by atoms with Crippen LogP contribution < -0.4 is 5.32 Å². The lowest BCUT2D eigenvalue weighted by Crippen LogP contribution is -2.34. The molecule has 1 N–H and O–H groups in total. The van der Waals surface area contributed by atoms with Gasteiger partial charge in [-0.05, 0) is 31.7 Å². The molecule has 10 heavy (non-hydrogen) atoms. The summed E-state index contributed by atoms with van der Waals surface area (Å²) in [5, 5.41) is 3.53. The fraction of sp³-hybridized carbons (Fsp3) is 0.889. The van der Waals surface area contributed by atoms with Crippen molar-refractivity contribution in [2.45, 2.75) is 45.6 Å². The summed E-state index contributed by atoms with van der Waals surface area (Å²) < 4.78 is 0. The van der Waals surface area contributed by atoms with Gasteiger partial charge in [0, 0.05) is 6.04 Å². The Kier molecular flexibility index (Phi) is 3.20. The fourth-order valence-corrected chi connectivity index (χ4v) is 1.59. The van der Waals surface area contributed by atoms with Gasteiger partial charge >= 0.3 is 0 Å². The van der Waals surface area contributed by atoms with E-state index < -0.39 is 0 Å². The van der Waals surface area contributed by atoms with Crippen LogP contribution >= 0.6 is 0 Å². The quantitative estimate of drug-likeness (QED) is 0.619. The van der Waals surface area contributed by atoms with E-state index in [1.54, 1.807) is 5.92 Å². The molecule has 0 aromatic carbocycles. The van der Waals surface area contributed by atoms with Gasteiger partial charge in [0.25, 0.3) is 0 Å². The Morgan fingerprint density at radius 1 is 1.40 bits per heavy atom. The molecular formula is C9H18N. The lowest BCUT2D eigenvalue weighted by atomic mass is 9.96. The van der Waals surface area contributed by atoms with Crippen molar-refractivity contribution in [3.05, 3.63) is 5.92 Å². The van der Waals surface area contributed by atoms with Gasteiger partial charge in [-0.25, -0.2) is 0 Å². The van der Waals surface area contributed by atoms with Crippen molar-refractivity contribution in [2.24, 2.45) is 0 Å². The number of rotatable bonds is 2. The molecule has 1 aliphatic heterocycles. The largest absolute Gasteiger partial charge is 0.314 e. The molecule has 0 spiro atoms. The molecule has 1 atom stereocenters. The van der Waals surface area contributed by atoms with E-state index in [9.17, 15) is 0 Å². The highest BCUT2D eigenvalue weighted by atomic mass is 14.9. The smallest absolute Gasteiger partial charge is 0.00723 e. The lowest BCUT2D eigenvalue weighted by molar-refractivity contribution is 0.388. The SMILES string of the molecule is C[C](C)CC1CCCCN1. The molecule has 1 heterocycles. The van der Waals surface area contributed by atoms with Crippen LogP contribution in [0.2, 0.25) is 0 Å². The molecule has 1 nitrogen and oxygen atoms in total. The Morgan fingerprint density at radius 3 is 2.70 bits per heavy atom. The second-order valence-electron chi connectivity index (χ2n) is 3.56. The van der Waals surface area contributed by atoms with Crippen LogP contribution in [0, 0.1) is 5.92 Å². The number of hydrogen-bond donors (Lipinski definition) is 1. The number of piperidine rings is 1. The third-order valence-corrected chi connectivity index (χ3v) is 2.07. The first-order valence-electron chi connectivity index (χ1n) is 4.31. The van der Waals surface area contributed by atoms with Gasteiger partial charge in [0.2, 0.25) is 0 Å². The summed E-state index contributed by atoms with van der Waals surface area (Å²) >= 11 is 0. The third-order valence-electron chi connectivity index (χ3n) is 2.07. The predicted molar refractivity (Wildman–Crippen MR) is 44.8 cm³/mol. The summed E-state index contributed by atoms with van der Waals surface area (Å²) in [5.74, 6) is 1.56. The number of hydrogen-bond acceptors (Lipinski definition) is 1. The Hall–Kier alpha value is -0.0400. The monoisotopic (exact) mass is 140 g/mol. The molecule has 0 bridgehead atoms. The van der Waals surface area contributed by atoms with Gasteiger partial charge in [0.05, 0.1) is 0 Å². The first-order valence-corrected chi connectivity index (χ1v) is 4.31. The van der Waals surface area contributed by atoms with E-state index in [2.05, 4.69) is 19.2 Å². The van der Waals surface area contributed by atoms with Crippen molar-refractivity contribution in [3.63, 3.8) is 0 Å². The highest BCUT2D eigenvalue weighted by molar-refractivity contribution is 4.85. The summed E-state index contributed by atoms with van der Waals surface area (Å²) in [6.07, 6.45) is 5.45. The van der Waals surface area contributed by atoms with Gasteiger partial charge in [-0.15, -0.1) is 0 Å². The van der Waals surface area contributed by atoms with Crippen LogP contribution in [0.15, 0.2) is 0 Å². The molecule has 1 saturated heterocycles. The van der Waals surface area contributed by atoms with Gasteiger partial charge in [0.1, 0.15) is 0 Å². The Morgan fingerprint density at radius 2 is 2.20 bits per heavy atom. The highest BCUT2D eigenvalue weighted by Crippen LogP contribution is 2.15. The van der Waals surface area contributed by atoms with Gasteiger partial charge in [-0.1, -0.05) is 20.3 Å². The van der Waals surface area contributed by atoms with Crippen LogP contribution in [-0.4, -0.2) is 12.6 Å². The maximum atomic E-state index is 3.53. The first-order chi connectivity index (χ1) is 4.79. The van der Waals surface area contributed by atoms with Gasteiger partial charge in [-0.3, -0.25) is 0 Å². The lowest BCUT2D eigenvalue weighted by Gasteiger charge is -2.24. The molecule has 0 amide bonds. The molecule has 0 aromatic rings. The van der Waals surface area contributed by atoms with Crippen molar-refractivity contribution in [2.75, 3.05) is 6.54 Å². The maximum Gasteiger partial charge on any atom is 0.00723 e. The molecule has 1 heteroatoms. The molecule has 1 rings (SSSR count). The fourth-order valence-electron chi connectivity index (χ4n) is 1.59. The van der Waals surface area contributed by atoms with Crippen molar-refractivity contribution >= 4 is 0 Å². The molecule has 59 valence electrons. The molecular weight excluding hydrogens is 122 g/mol. The molecule has 1 aliphatic rings. The van der Waals surface area contributed by atoms with Crippen molar-refractivity contribution in [3.8, 4) is 0 Å². The molecule has 1 radical (unpaired) electrons. The Bertz CT molecular complexity index is 82.7. The number of nitrogens with one attached hydrogen (secondary N) is 1. The van der Waals surface area contributed by atoms with E-state index in [0.717, 1.165) is 6.04 Å². The van der Waals surface area contributed by atoms with E-state index in [-0.39, 0.29) is 0 Å². The summed E-state index contributed by atoms with van der Waals surface area (Å²) in [6.45, 7) is 5.67.